The second kappa shape index (κ2) is 6.36. The van der Waals surface area contributed by atoms with Gasteiger partial charge in [-0.3, -0.25) is 4.79 Å². The zero-order chi connectivity index (χ0) is 12.1. The Hall–Kier alpha value is -0.610. The van der Waals surface area contributed by atoms with E-state index >= 15 is 0 Å². The number of amides is 1. The predicted molar refractivity (Wildman–Crippen MR) is 66.7 cm³/mol. The van der Waals surface area contributed by atoms with Crippen molar-refractivity contribution in [2.75, 3.05) is 19.7 Å². The minimum absolute atomic E-state index is 0.0852. The molecule has 0 aromatic carbocycles. The summed E-state index contributed by atoms with van der Waals surface area (Å²) in [7, 11) is 0. The number of hydrogen-bond acceptors (Lipinski definition) is 3. The van der Waals surface area contributed by atoms with Crippen molar-refractivity contribution in [3.63, 3.8) is 0 Å². The van der Waals surface area contributed by atoms with Gasteiger partial charge in [0.25, 0.3) is 0 Å². The first-order valence-corrected chi connectivity index (χ1v) is 6.97. The summed E-state index contributed by atoms with van der Waals surface area (Å²) in [4.78, 5) is 14.4. The van der Waals surface area contributed by atoms with E-state index in [0.29, 0.717) is 12.5 Å². The molecular formula is C13H24N2O2. The first-order chi connectivity index (χ1) is 8.33. The number of aliphatic hydroxyl groups is 1. The average Bonchev–Trinajstić information content (AvgIpc) is 2.61. The van der Waals surface area contributed by atoms with Crippen LogP contribution in [0.25, 0.3) is 0 Å². The highest BCUT2D eigenvalue weighted by Crippen LogP contribution is 2.23. The Bertz CT molecular complexity index is 248. The summed E-state index contributed by atoms with van der Waals surface area (Å²) in [6.45, 7) is 1.79. The molecule has 1 unspecified atom stereocenters. The summed E-state index contributed by atoms with van der Waals surface area (Å²) >= 11 is 0. The van der Waals surface area contributed by atoms with E-state index in [2.05, 4.69) is 10.2 Å². The lowest BCUT2D eigenvalue weighted by atomic mass is 10.0. The highest BCUT2D eigenvalue weighted by molar-refractivity contribution is 5.83. The first kappa shape index (κ1) is 12.8. The number of nitrogens with zero attached hydrogens (tertiary/aromatic N) is 1. The molecule has 1 heterocycles. The third kappa shape index (κ3) is 3.19. The quantitative estimate of drug-likeness (QED) is 0.720. The van der Waals surface area contributed by atoms with Gasteiger partial charge in [-0.05, 0) is 19.3 Å². The van der Waals surface area contributed by atoms with Crippen LogP contribution in [0.4, 0.5) is 0 Å². The van der Waals surface area contributed by atoms with Gasteiger partial charge in [0.05, 0.1) is 6.04 Å². The number of aliphatic hydroxyl groups excluding tert-OH is 1. The lowest BCUT2D eigenvalue weighted by molar-refractivity contribution is -0.139. The van der Waals surface area contributed by atoms with E-state index in [1.54, 1.807) is 0 Å². The molecule has 0 spiro atoms. The second-order valence-corrected chi connectivity index (χ2v) is 5.20. The third-order valence-electron chi connectivity index (χ3n) is 4.01. The van der Waals surface area contributed by atoms with Gasteiger partial charge in [-0.25, -0.2) is 0 Å². The molecule has 0 aromatic rings. The number of rotatable bonds is 3. The highest BCUT2D eigenvalue weighted by Gasteiger charge is 2.32. The molecule has 2 fully saturated rings. The fraction of sp³-hybridized carbons (Fsp3) is 0.923. The van der Waals surface area contributed by atoms with Crippen molar-refractivity contribution >= 4 is 5.91 Å². The van der Waals surface area contributed by atoms with Gasteiger partial charge in [0.1, 0.15) is 0 Å². The summed E-state index contributed by atoms with van der Waals surface area (Å²) in [5.74, 6) is 0.206. The zero-order valence-corrected chi connectivity index (χ0v) is 10.5. The van der Waals surface area contributed by atoms with Crippen LogP contribution < -0.4 is 5.32 Å². The molecule has 98 valence electrons. The second-order valence-electron chi connectivity index (χ2n) is 5.20. The monoisotopic (exact) mass is 240 g/mol. The maximum Gasteiger partial charge on any atom is 0.240 e. The van der Waals surface area contributed by atoms with E-state index in [4.69, 9.17) is 5.11 Å². The fourth-order valence-electron chi connectivity index (χ4n) is 3.04. The number of piperazine rings is 1. The SMILES string of the molecule is O=C1C(CCO)NCCN1C1CCCCCC1. The molecule has 1 aliphatic carbocycles. The molecule has 2 aliphatic rings. The summed E-state index contributed by atoms with van der Waals surface area (Å²) in [5.41, 5.74) is 0. The van der Waals surface area contributed by atoms with Gasteiger partial charge >= 0.3 is 0 Å². The normalized spacial score (nSPS) is 28.2. The average molecular weight is 240 g/mol. The van der Waals surface area contributed by atoms with Crippen LogP contribution in [0.5, 0.6) is 0 Å². The molecular weight excluding hydrogens is 216 g/mol. The molecule has 17 heavy (non-hydrogen) atoms. The Morgan fingerprint density at radius 3 is 2.59 bits per heavy atom. The molecule has 0 aromatic heterocycles. The van der Waals surface area contributed by atoms with E-state index in [-0.39, 0.29) is 18.6 Å². The van der Waals surface area contributed by atoms with Crippen LogP contribution in [-0.2, 0) is 4.79 Å². The topological polar surface area (TPSA) is 52.6 Å². The van der Waals surface area contributed by atoms with Crippen molar-refractivity contribution in [1.82, 2.24) is 10.2 Å². The summed E-state index contributed by atoms with van der Waals surface area (Å²) in [6.07, 6.45) is 8.02. The lowest BCUT2D eigenvalue weighted by Crippen LogP contribution is -2.58. The Morgan fingerprint density at radius 1 is 1.24 bits per heavy atom. The Morgan fingerprint density at radius 2 is 1.94 bits per heavy atom. The van der Waals surface area contributed by atoms with Crippen molar-refractivity contribution < 1.29 is 9.90 Å². The molecule has 4 heteroatoms. The van der Waals surface area contributed by atoms with Crippen molar-refractivity contribution in [3.8, 4) is 0 Å². The highest BCUT2D eigenvalue weighted by atomic mass is 16.3. The van der Waals surface area contributed by atoms with Crippen LogP contribution in [0.1, 0.15) is 44.9 Å². The lowest BCUT2D eigenvalue weighted by Gasteiger charge is -2.38. The summed E-state index contributed by atoms with van der Waals surface area (Å²) in [6, 6.07) is 0.297. The molecule has 1 saturated carbocycles. The standard InChI is InChI=1S/C13H24N2O2/c16-10-7-12-13(17)15(9-8-14-12)11-5-3-1-2-4-6-11/h11-12,14,16H,1-10H2. The van der Waals surface area contributed by atoms with Gasteiger partial charge in [-0.15, -0.1) is 0 Å². The molecule has 0 radical (unpaired) electrons. The van der Waals surface area contributed by atoms with Crippen LogP contribution in [0, 0.1) is 0 Å². The molecule has 1 saturated heterocycles. The van der Waals surface area contributed by atoms with Crippen molar-refractivity contribution in [3.05, 3.63) is 0 Å². The number of carbonyl (C=O) groups excluding carboxylic acids is 1. The molecule has 2 rings (SSSR count). The maximum atomic E-state index is 12.3. The number of carbonyl (C=O) groups is 1. The smallest absolute Gasteiger partial charge is 0.240 e. The molecule has 0 bridgehead atoms. The molecule has 1 amide bonds. The van der Waals surface area contributed by atoms with Crippen LogP contribution >= 0.6 is 0 Å². The Kier molecular flexibility index (Phi) is 4.80. The summed E-state index contributed by atoms with van der Waals surface area (Å²) in [5, 5.41) is 12.2. The van der Waals surface area contributed by atoms with Crippen molar-refractivity contribution in [2.24, 2.45) is 0 Å². The largest absolute Gasteiger partial charge is 0.396 e. The predicted octanol–water partition coefficient (Wildman–Crippen LogP) is 0.892. The van der Waals surface area contributed by atoms with Crippen LogP contribution in [0.2, 0.25) is 0 Å². The van der Waals surface area contributed by atoms with Gasteiger partial charge < -0.3 is 15.3 Å². The third-order valence-corrected chi connectivity index (χ3v) is 4.01. The van der Waals surface area contributed by atoms with Crippen molar-refractivity contribution in [1.29, 1.82) is 0 Å². The molecule has 1 aliphatic heterocycles. The molecule has 1 atom stereocenters. The number of hydrogen-bond donors (Lipinski definition) is 2. The van der Waals surface area contributed by atoms with Gasteiger partial charge in [0.15, 0.2) is 0 Å². The fourth-order valence-corrected chi connectivity index (χ4v) is 3.04. The van der Waals surface area contributed by atoms with E-state index in [1.165, 1.54) is 25.7 Å². The molecule has 2 N–H and O–H groups in total. The van der Waals surface area contributed by atoms with Crippen LogP contribution in [0.3, 0.4) is 0 Å². The van der Waals surface area contributed by atoms with E-state index in [1.807, 2.05) is 0 Å². The maximum absolute atomic E-state index is 12.3. The van der Waals surface area contributed by atoms with Gasteiger partial charge in [-0.1, -0.05) is 25.7 Å². The van der Waals surface area contributed by atoms with E-state index < -0.39 is 0 Å². The van der Waals surface area contributed by atoms with Gasteiger partial charge in [-0.2, -0.15) is 0 Å². The van der Waals surface area contributed by atoms with Crippen LogP contribution in [0.15, 0.2) is 0 Å². The van der Waals surface area contributed by atoms with E-state index in [0.717, 1.165) is 25.9 Å². The Balaban J connectivity index is 1.95. The zero-order valence-electron chi connectivity index (χ0n) is 10.5. The molecule has 4 nitrogen and oxygen atoms in total. The Labute approximate surface area is 103 Å². The van der Waals surface area contributed by atoms with Crippen LogP contribution in [-0.4, -0.2) is 47.7 Å². The van der Waals surface area contributed by atoms with E-state index in [9.17, 15) is 4.79 Å². The summed E-state index contributed by atoms with van der Waals surface area (Å²) < 4.78 is 0. The van der Waals surface area contributed by atoms with Crippen molar-refractivity contribution in [2.45, 2.75) is 57.0 Å². The number of nitrogens with one attached hydrogen (secondary N) is 1. The van der Waals surface area contributed by atoms with Gasteiger partial charge in [0, 0.05) is 25.7 Å². The minimum Gasteiger partial charge on any atom is -0.396 e. The minimum atomic E-state index is -0.156. The van der Waals surface area contributed by atoms with Gasteiger partial charge in [0.2, 0.25) is 5.91 Å². The first-order valence-electron chi connectivity index (χ1n) is 6.97.